The van der Waals surface area contributed by atoms with Gasteiger partial charge in [-0.05, 0) is 56.2 Å². The molecule has 1 atom stereocenters. The standard InChI is InChI=1S/C23H21ClFN3O4/c1-13(21(29)27-18-9-7-15(25)12-17(18)24)32-23(31)14-6-8-16-19(11-14)26-20-5-3-2-4-10-28(20)22(16)30/h6-9,11-13H,2-5,10H2,1H3,(H,27,29)/t13-/m1/s1. The van der Waals surface area contributed by atoms with Crippen LogP contribution in [0, 0.1) is 5.82 Å². The van der Waals surface area contributed by atoms with Crippen molar-refractivity contribution in [2.75, 3.05) is 5.32 Å². The molecule has 0 unspecified atom stereocenters. The van der Waals surface area contributed by atoms with E-state index in [0.29, 0.717) is 23.9 Å². The molecule has 7 nitrogen and oxygen atoms in total. The van der Waals surface area contributed by atoms with E-state index in [1.165, 1.54) is 25.1 Å². The maximum Gasteiger partial charge on any atom is 0.338 e. The quantitative estimate of drug-likeness (QED) is 0.596. The molecule has 0 radical (unpaired) electrons. The van der Waals surface area contributed by atoms with Crippen LogP contribution in [0.1, 0.15) is 42.4 Å². The largest absolute Gasteiger partial charge is 0.449 e. The second-order valence-electron chi connectivity index (χ2n) is 7.69. The van der Waals surface area contributed by atoms with Crippen molar-refractivity contribution >= 4 is 40.1 Å². The van der Waals surface area contributed by atoms with Crippen LogP contribution in [-0.4, -0.2) is 27.5 Å². The van der Waals surface area contributed by atoms with E-state index < -0.39 is 23.8 Å². The van der Waals surface area contributed by atoms with Gasteiger partial charge in [-0.15, -0.1) is 0 Å². The van der Waals surface area contributed by atoms with E-state index in [1.54, 1.807) is 10.6 Å². The highest BCUT2D eigenvalue weighted by Gasteiger charge is 2.21. The fourth-order valence-electron chi connectivity index (χ4n) is 3.65. The average molecular weight is 458 g/mol. The first-order valence-corrected chi connectivity index (χ1v) is 10.7. The molecule has 0 saturated carbocycles. The smallest absolute Gasteiger partial charge is 0.338 e. The van der Waals surface area contributed by atoms with Crippen LogP contribution in [0.4, 0.5) is 10.1 Å². The summed E-state index contributed by atoms with van der Waals surface area (Å²) in [6.07, 6.45) is 2.52. The Hall–Kier alpha value is -3.26. The molecule has 0 spiro atoms. The van der Waals surface area contributed by atoms with Crippen LogP contribution in [0.25, 0.3) is 10.9 Å². The first-order chi connectivity index (χ1) is 15.3. The van der Waals surface area contributed by atoms with E-state index in [1.807, 2.05) is 0 Å². The molecule has 0 aliphatic carbocycles. The summed E-state index contributed by atoms with van der Waals surface area (Å²) in [5, 5.41) is 2.96. The minimum absolute atomic E-state index is 0.0305. The first kappa shape index (κ1) is 22.0. The predicted octanol–water partition coefficient (Wildman–Crippen LogP) is 4.10. The van der Waals surface area contributed by atoms with Gasteiger partial charge in [0.05, 0.1) is 27.2 Å². The normalized spacial score (nSPS) is 14.3. The monoisotopic (exact) mass is 457 g/mol. The molecule has 1 amide bonds. The third kappa shape index (κ3) is 4.50. The Kier molecular flexibility index (Phi) is 6.23. The number of nitrogens with one attached hydrogen (secondary N) is 1. The van der Waals surface area contributed by atoms with E-state index in [0.717, 1.165) is 37.2 Å². The number of carbonyl (C=O) groups excluding carboxylic acids is 2. The summed E-state index contributed by atoms with van der Waals surface area (Å²) in [4.78, 5) is 42.4. The summed E-state index contributed by atoms with van der Waals surface area (Å²) in [7, 11) is 0. The van der Waals surface area contributed by atoms with E-state index in [9.17, 15) is 18.8 Å². The van der Waals surface area contributed by atoms with Gasteiger partial charge in [0.1, 0.15) is 11.6 Å². The minimum atomic E-state index is -1.13. The Balaban J connectivity index is 1.51. The second-order valence-corrected chi connectivity index (χ2v) is 8.10. The molecule has 1 aliphatic rings. The lowest BCUT2D eigenvalue weighted by molar-refractivity contribution is -0.123. The predicted molar refractivity (Wildman–Crippen MR) is 118 cm³/mol. The molecular formula is C23H21ClFN3O4. The number of carbonyl (C=O) groups is 2. The number of fused-ring (bicyclic) bond motifs is 2. The molecule has 2 heterocycles. The van der Waals surface area contributed by atoms with Crippen LogP contribution >= 0.6 is 11.6 Å². The fourth-order valence-corrected chi connectivity index (χ4v) is 3.87. The van der Waals surface area contributed by atoms with Crippen molar-refractivity contribution in [2.24, 2.45) is 0 Å². The summed E-state index contributed by atoms with van der Waals surface area (Å²) in [5.74, 6) is -1.16. The minimum Gasteiger partial charge on any atom is -0.449 e. The molecule has 0 fully saturated rings. The molecule has 4 rings (SSSR count). The van der Waals surface area contributed by atoms with Crippen LogP contribution in [0.3, 0.4) is 0 Å². The topological polar surface area (TPSA) is 90.3 Å². The van der Waals surface area contributed by atoms with Gasteiger partial charge in [0.15, 0.2) is 6.10 Å². The number of esters is 1. The Bertz CT molecular complexity index is 1270. The number of benzene rings is 2. The third-order valence-corrected chi connectivity index (χ3v) is 5.71. The van der Waals surface area contributed by atoms with Gasteiger partial charge in [-0.1, -0.05) is 18.0 Å². The number of anilines is 1. The Morgan fingerprint density at radius 3 is 2.78 bits per heavy atom. The number of rotatable bonds is 4. The summed E-state index contributed by atoms with van der Waals surface area (Å²) < 4.78 is 20.1. The van der Waals surface area contributed by atoms with Gasteiger partial charge in [0, 0.05) is 13.0 Å². The zero-order valence-corrected chi connectivity index (χ0v) is 18.1. The molecule has 166 valence electrons. The van der Waals surface area contributed by atoms with Crippen LogP contribution in [0.2, 0.25) is 5.02 Å². The number of hydrogen-bond donors (Lipinski definition) is 1. The van der Waals surface area contributed by atoms with Crippen molar-refractivity contribution in [1.29, 1.82) is 0 Å². The molecule has 9 heteroatoms. The van der Waals surface area contributed by atoms with Gasteiger partial charge in [-0.2, -0.15) is 0 Å². The molecule has 1 aromatic heterocycles. The number of aryl methyl sites for hydroxylation is 1. The zero-order chi connectivity index (χ0) is 22.8. The Labute approximate surface area is 188 Å². The highest BCUT2D eigenvalue weighted by Crippen LogP contribution is 2.23. The zero-order valence-electron chi connectivity index (χ0n) is 17.4. The number of aromatic nitrogens is 2. The van der Waals surface area contributed by atoms with E-state index >= 15 is 0 Å². The number of halogens is 2. The number of ether oxygens (including phenoxy) is 1. The van der Waals surface area contributed by atoms with Crippen molar-refractivity contribution in [3.63, 3.8) is 0 Å². The number of amides is 1. The van der Waals surface area contributed by atoms with Crippen molar-refractivity contribution in [1.82, 2.24) is 9.55 Å². The van der Waals surface area contributed by atoms with Gasteiger partial charge < -0.3 is 10.1 Å². The van der Waals surface area contributed by atoms with E-state index in [2.05, 4.69) is 10.3 Å². The molecular weight excluding hydrogens is 437 g/mol. The maximum absolute atomic E-state index is 13.2. The fraction of sp³-hybridized carbons (Fsp3) is 0.304. The molecule has 0 bridgehead atoms. The molecule has 1 N–H and O–H groups in total. The lowest BCUT2D eigenvalue weighted by Gasteiger charge is -2.15. The SMILES string of the molecule is C[C@@H](OC(=O)c1ccc2c(=O)n3c(nc2c1)CCCCC3)C(=O)Nc1ccc(F)cc1Cl. The summed E-state index contributed by atoms with van der Waals surface area (Å²) >= 11 is 5.91. The third-order valence-electron chi connectivity index (χ3n) is 5.39. The summed E-state index contributed by atoms with van der Waals surface area (Å²) in [6, 6.07) is 8.09. The van der Waals surface area contributed by atoms with Gasteiger partial charge in [0.25, 0.3) is 11.5 Å². The van der Waals surface area contributed by atoms with Gasteiger partial charge in [0.2, 0.25) is 0 Å². The summed E-state index contributed by atoms with van der Waals surface area (Å²) in [6.45, 7) is 2.06. The molecule has 32 heavy (non-hydrogen) atoms. The maximum atomic E-state index is 13.2. The first-order valence-electron chi connectivity index (χ1n) is 10.3. The Morgan fingerprint density at radius 2 is 2.00 bits per heavy atom. The summed E-state index contributed by atoms with van der Waals surface area (Å²) in [5.41, 5.74) is 0.697. The molecule has 3 aromatic rings. The van der Waals surface area contributed by atoms with Crippen molar-refractivity contribution in [3.05, 3.63) is 69.0 Å². The molecule has 2 aromatic carbocycles. The number of nitrogens with zero attached hydrogens (tertiary/aromatic N) is 2. The van der Waals surface area contributed by atoms with Crippen LogP contribution in [0.15, 0.2) is 41.2 Å². The average Bonchev–Trinajstić information content (AvgIpc) is 3.01. The van der Waals surface area contributed by atoms with E-state index in [4.69, 9.17) is 16.3 Å². The van der Waals surface area contributed by atoms with Crippen LogP contribution in [-0.2, 0) is 22.5 Å². The van der Waals surface area contributed by atoms with Gasteiger partial charge in [-0.3, -0.25) is 14.2 Å². The lowest BCUT2D eigenvalue weighted by Crippen LogP contribution is -2.30. The van der Waals surface area contributed by atoms with Crippen molar-refractivity contribution in [3.8, 4) is 0 Å². The Morgan fingerprint density at radius 1 is 1.19 bits per heavy atom. The van der Waals surface area contributed by atoms with Crippen molar-refractivity contribution < 1.29 is 18.7 Å². The molecule has 1 aliphatic heterocycles. The van der Waals surface area contributed by atoms with E-state index in [-0.39, 0.29) is 21.8 Å². The van der Waals surface area contributed by atoms with Gasteiger partial charge >= 0.3 is 5.97 Å². The van der Waals surface area contributed by atoms with Crippen molar-refractivity contribution in [2.45, 2.75) is 45.3 Å². The van der Waals surface area contributed by atoms with Crippen LogP contribution in [0.5, 0.6) is 0 Å². The highest BCUT2D eigenvalue weighted by atomic mass is 35.5. The van der Waals surface area contributed by atoms with Crippen LogP contribution < -0.4 is 10.9 Å². The van der Waals surface area contributed by atoms with Gasteiger partial charge in [-0.25, -0.2) is 14.2 Å². The highest BCUT2D eigenvalue weighted by molar-refractivity contribution is 6.33. The second kappa shape index (κ2) is 9.08. The molecule has 0 saturated heterocycles. The lowest BCUT2D eigenvalue weighted by atomic mass is 10.1. The number of hydrogen-bond acceptors (Lipinski definition) is 5.